The second kappa shape index (κ2) is 5.74. The minimum absolute atomic E-state index is 0.379. The predicted octanol–water partition coefficient (Wildman–Crippen LogP) is 3.27. The smallest absolute Gasteiger partial charge is 0.407 e. The molecule has 1 heterocycles. The third-order valence-corrected chi connectivity index (χ3v) is 3.57. The molecule has 0 fully saturated rings. The molecule has 1 N–H and O–H groups in total. The lowest BCUT2D eigenvalue weighted by molar-refractivity contribution is 0.107. The lowest BCUT2D eigenvalue weighted by Gasteiger charge is -2.32. The van der Waals surface area contributed by atoms with Crippen molar-refractivity contribution in [1.29, 1.82) is 0 Å². The van der Waals surface area contributed by atoms with Crippen LogP contribution in [0, 0.1) is 11.8 Å². The van der Waals surface area contributed by atoms with Crippen LogP contribution >= 0.6 is 11.3 Å². The first-order chi connectivity index (χ1) is 7.93. The van der Waals surface area contributed by atoms with Crippen molar-refractivity contribution in [2.24, 2.45) is 0 Å². The van der Waals surface area contributed by atoms with Gasteiger partial charge in [0.2, 0.25) is 0 Å². The van der Waals surface area contributed by atoms with Crippen molar-refractivity contribution in [3.05, 3.63) is 22.4 Å². The van der Waals surface area contributed by atoms with E-state index in [9.17, 15) is 4.79 Å². The van der Waals surface area contributed by atoms with Crippen LogP contribution in [0.1, 0.15) is 31.6 Å². The van der Waals surface area contributed by atoms with Gasteiger partial charge in [0, 0.05) is 19.0 Å². The molecule has 0 unspecified atom stereocenters. The minimum Gasteiger partial charge on any atom is -0.465 e. The van der Waals surface area contributed by atoms with Crippen LogP contribution in [0.3, 0.4) is 0 Å². The standard InChI is InChI=1S/C13H17NO2S/c1-13(2,14(3)12(15)16)9-5-4-7-11-8-6-10-17-11/h6,8,10H,5,9H2,1-3H3,(H,15,16). The number of carboxylic acid groups (broad SMARTS) is 1. The van der Waals surface area contributed by atoms with E-state index in [1.54, 1.807) is 18.4 Å². The van der Waals surface area contributed by atoms with Crippen molar-refractivity contribution in [2.75, 3.05) is 7.05 Å². The number of rotatable bonds is 3. The lowest BCUT2D eigenvalue weighted by atomic mass is 9.97. The molecule has 4 heteroatoms. The summed E-state index contributed by atoms with van der Waals surface area (Å²) in [6.45, 7) is 3.82. The molecule has 0 aromatic carbocycles. The lowest BCUT2D eigenvalue weighted by Crippen LogP contribution is -2.44. The molecule has 1 rings (SSSR count). The molecule has 0 saturated heterocycles. The van der Waals surface area contributed by atoms with Crippen molar-refractivity contribution in [3.8, 4) is 11.8 Å². The van der Waals surface area contributed by atoms with E-state index in [4.69, 9.17) is 5.11 Å². The molecule has 0 aliphatic heterocycles. The third-order valence-electron chi connectivity index (χ3n) is 2.79. The Morgan fingerprint density at radius 3 is 2.82 bits per heavy atom. The van der Waals surface area contributed by atoms with Gasteiger partial charge in [-0.05, 0) is 31.7 Å². The average Bonchev–Trinajstić information content (AvgIpc) is 2.76. The molecule has 0 spiro atoms. The van der Waals surface area contributed by atoms with Gasteiger partial charge in [0.15, 0.2) is 0 Å². The van der Waals surface area contributed by atoms with E-state index >= 15 is 0 Å². The Kier molecular flexibility index (Phi) is 4.59. The summed E-state index contributed by atoms with van der Waals surface area (Å²) in [5.74, 6) is 6.15. The molecule has 0 saturated carbocycles. The summed E-state index contributed by atoms with van der Waals surface area (Å²) in [6.07, 6.45) is 0.526. The highest BCUT2D eigenvalue weighted by Crippen LogP contribution is 2.18. The van der Waals surface area contributed by atoms with Crippen LogP contribution in [-0.2, 0) is 0 Å². The van der Waals surface area contributed by atoms with Crippen molar-refractivity contribution >= 4 is 17.4 Å². The van der Waals surface area contributed by atoms with E-state index in [1.165, 1.54) is 4.90 Å². The van der Waals surface area contributed by atoms with Gasteiger partial charge in [-0.25, -0.2) is 4.79 Å². The van der Waals surface area contributed by atoms with Crippen LogP contribution in [-0.4, -0.2) is 28.7 Å². The molecule has 0 bridgehead atoms. The maximum Gasteiger partial charge on any atom is 0.407 e. The normalized spacial score (nSPS) is 10.5. The minimum atomic E-state index is -0.902. The highest BCUT2D eigenvalue weighted by atomic mass is 32.1. The molecule has 0 atom stereocenters. The van der Waals surface area contributed by atoms with Crippen molar-refractivity contribution in [1.82, 2.24) is 4.90 Å². The van der Waals surface area contributed by atoms with Crippen LogP contribution in [0.4, 0.5) is 4.79 Å². The average molecular weight is 251 g/mol. The molecule has 0 radical (unpaired) electrons. The second-order valence-electron chi connectivity index (χ2n) is 4.43. The summed E-state index contributed by atoms with van der Waals surface area (Å²) >= 11 is 1.61. The summed E-state index contributed by atoms with van der Waals surface area (Å²) in [4.78, 5) is 13.2. The number of hydrogen-bond acceptors (Lipinski definition) is 2. The van der Waals surface area contributed by atoms with Gasteiger partial charge in [-0.1, -0.05) is 17.9 Å². The van der Waals surface area contributed by atoms with E-state index < -0.39 is 6.09 Å². The summed E-state index contributed by atoms with van der Waals surface area (Å²) < 4.78 is 0. The van der Waals surface area contributed by atoms with Gasteiger partial charge >= 0.3 is 6.09 Å². The Hall–Kier alpha value is -1.47. The van der Waals surface area contributed by atoms with E-state index in [0.717, 1.165) is 11.3 Å². The number of nitrogens with zero attached hydrogens (tertiary/aromatic N) is 1. The quantitative estimate of drug-likeness (QED) is 0.838. The van der Waals surface area contributed by atoms with E-state index in [0.29, 0.717) is 6.42 Å². The van der Waals surface area contributed by atoms with Gasteiger partial charge in [-0.3, -0.25) is 0 Å². The Labute approximate surface area is 106 Å². The van der Waals surface area contributed by atoms with Gasteiger partial charge in [-0.15, -0.1) is 11.3 Å². The zero-order chi connectivity index (χ0) is 12.9. The predicted molar refractivity (Wildman–Crippen MR) is 70.3 cm³/mol. The molecule has 17 heavy (non-hydrogen) atoms. The first-order valence-corrected chi connectivity index (χ1v) is 6.30. The fourth-order valence-electron chi connectivity index (χ4n) is 1.29. The highest BCUT2D eigenvalue weighted by Gasteiger charge is 2.26. The zero-order valence-electron chi connectivity index (χ0n) is 10.4. The molecular formula is C13H17NO2S. The van der Waals surface area contributed by atoms with E-state index in [2.05, 4.69) is 11.8 Å². The van der Waals surface area contributed by atoms with Gasteiger partial charge in [-0.2, -0.15) is 0 Å². The first kappa shape index (κ1) is 13.6. The van der Waals surface area contributed by atoms with Crippen LogP contribution in [0.2, 0.25) is 0 Å². The maximum absolute atomic E-state index is 10.9. The van der Waals surface area contributed by atoms with E-state index in [-0.39, 0.29) is 5.54 Å². The Balaban J connectivity index is 2.48. The molecule has 1 amide bonds. The molecule has 1 aromatic rings. The molecule has 0 aliphatic rings. The Morgan fingerprint density at radius 1 is 1.59 bits per heavy atom. The van der Waals surface area contributed by atoms with Crippen LogP contribution in [0.5, 0.6) is 0 Å². The molecule has 92 valence electrons. The monoisotopic (exact) mass is 251 g/mol. The topological polar surface area (TPSA) is 40.5 Å². The highest BCUT2D eigenvalue weighted by molar-refractivity contribution is 7.10. The van der Waals surface area contributed by atoms with Crippen LogP contribution in [0.15, 0.2) is 17.5 Å². The fourth-order valence-corrected chi connectivity index (χ4v) is 1.89. The Bertz CT molecular complexity index is 426. The largest absolute Gasteiger partial charge is 0.465 e. The van der Waals surface area contributed by atoms with Crippen LogP contribution in [0.25, 0.3) is 0 Å². The number of carbonyl (C=O) groups is 1. The second-order valence-corrected chi connectivity index (χ2v) is 5.38. The van der Waals surface area contributed by atoms with Gasteiger partial charge < -0.3 is 10.0 Å². The maximum atomic E-state index is 10.9. The molecule has 0 aliphatic carbocycles. The zero-order valence-corrected chi connectivity index (χ0v) is 11.2. The van der Waals surface area contributed by atoms with Crippen molar-refractivity contribution < 1.29 is 9.90 Å². The number of thiophene rings is 1. The number of amides is 1. The summed E-state index contributed by atoms with van der Waals surface area (Å²) in [5, 5.41) is 10.9. The Morgan fingerprint density at radius 2 is 2.29 bits per heavy atom. The van der Waals surface area contributed by atoms with E-state index in [1.807, 2.05) is 31.4 Å². The van der Waals surface area contributed by atoms with Gasteiger partial charge in [0.1, 0.15) is 0 Å². The summed E-state index contributed by atoms with van der Waals surface area (Å²) in [6, 6.07) is 3.95. The van der Waals surface area contributed by atoms with Gasteiger partial charge in [0.25, 0.3) is 0 Å². The number of hydrogen-bond donors (Lipinski definition) is 1. The summed E-state index contributed by atoms with van der Waals surface area (Å²) in [7, 11) is 1.59. The van der Waals surface area contributed by atoms with Crippen molar-refractivity contribution in [3.63, 3.8) is 0 Å². The van der Waals surface area contributed by atoms with Crippen molar-refractivity contribution in [2.45, 2.75) is 32.2 Å². The van der Waals surface area contributed by atoms with Gasteiger partial charge in [0.05, 0.1) is 4.88 Å². The van der Waals surface area contributed by atoms with Crippen LogP contribution < -0.4 is 0 Å². The fraction of sp³-hybridized carbons (Fsp3) is 0.462. The SMILES string of the molecule is CN(C(=O)O)C(C)(C)CCC#Cc1cccs1. The first-order valence-electron chi connectivity index (χ1n) is 5.42. The molecule has 3 nitrogen and oxygen atoms in total. The third kappa shape index (κ3) is 4.12. The molecule has 1 aromatic heterocycles. The summed E-state index contributed by atoms with van der Waals surface area (Å²) in [5.41, 5.74) is -0.379. The molecular weight excluding hydrogens is 234 g/mol.